The van der Waals surface area contributed by atoms with Gasteiger partial charge in [0.2, 0.25) is 12.2 Å². The van der Waals surface area contributed by atoms with E-state index in [1.165, 1.54) is 18.2 Å². The normalized spacial score (nSPS) is 8.29. The summed E-state index contributed by atoms with van der Waals surface area (Å²) >= 11 is 0. The van der Waals surface area contributed by atoms with Gasteiger partial charge in [0, 0.05) is 0 Å². The molecule has 0 saturated heterocycles. The molecule has 14 heavy (non-hydrogen) atoms. The van der Waals surface area contributed by atoms with Gasteiger partial charge < -0.3 is 0 Å². The van der Waals surface area contributed by atoms with Crippen molar-refractivity contribution >= 4 is 23.8 Å². The number of isocyanates is 2. The van der Waals surface area contributed by atoms with E-state index < -0.39 is 5.91 Å². The van der Waals surface area contributed by atoms with Crippen LogP contribution >= 0.6 is 0 Å². The van der Waals surface area contributed by atoms with Crippen molar-refractivity contribution in [2.45, 2.75) is 0 Å². The lowest BCUT2D eigenvalue weighted by Crippen LogP contribution is -1.94. The van der Waals surface area contributed by atoms with Crippen molar-refractivity contribution in [2.24, 2.45) is 9.98 Å². The van der Waals surface area contributed by atoms with Crippen LogP contribution in [0.4, 0.5) is 5.69 Å². The van der Waals surface area contributed by atoms with Gasteiger partial charge in [-0.3, -0.25) is 4.79 Å². The second-order valence-electron chi connectivity index (χ2n) is 2.23. The second-order valence-corrected chi connectivity index (χ2v) is 2.23. The van der Waals surface area contributed by atoms with E-state index in [9.17, 15) is 14.4 Å². The fourth-order valence-corrected chi connectivity index (χ4v) is 0.903. The molecule has 0 unspecified atom stereocenters. The highest BCUT2D eigenvalue weighted by Gasteiger charge is 2.08. The molecular formula is C9H4N2O3. The molecule has 0 aliphatic carbocycles. The average Bonchev–Trinajstić information content (AvgIpc) is 2.19. The van der Waals surface area contributed by atoms with Crippen LogP contribution in [0.5, 0.6) is 0 Å². The quantitative estimate of drug-likeness (QED) is 0.515. The Morgan fingerprint density at radius 2 is 1.86 bits per heavy atom. The topological polar surface area (TPSA) is 75.9 Å². The van der Waals surface area contributed by atoms with E-state index in [0.717, 1.165) is 6.08 Å². The fraction of sp³-hybridized carbons (Fsp3) is 0. The first-order valence-corrected chi connectivity index (χ1v) is 3.58. The number of benzene rings is 1. The summed E-state index contributed by atoms with van der Waals surface area (Å²) in [4.78, 5) is 37.2. The van der Waals surface area contributed by atoms with Crippen molar-refractivity contribution in [3.63, 3.8) is 0 Å². The van der Waals surface area contributed by atoms with Gasteiger partial charge >= 0.3 is 0 Å². The van der Waals surface area contributed by atoms with E-state index in [1.807, 2.05) is 0 Å². The Labute approximate surface area is 78.8 Å². The Kier molecular flexibility index (Phi) is 3.21. The molecule has 68 valence electrons. The summed E-state index contributed by atoms with van der Waals surface area (Å²) in [6.07, 6.45) is 2.42. The first-order chi connectivity index (χ1) is 6.79. The van der Waals surface area contributed by atoms with Crippen LogP contribution in [0.3, 0.4) is 0 Å². The third kappa shape index (κ3) is 2.08. The molecule has 0 N–H and O–H groups in total. The number of hydrogen-bond donors (Lipinski definition) is 0. The predicted molar refractivity (Wildman–Crippen MR) is 46.7 cm³/mol. The van der Waals surface area contributed by atoms with Crippen molar-refractivity contribution in [1.82, 2.24) is 0 Å². The Balaban J connectivity index is 3.25. The molecule has 5 nitrogen and oxygen atoms in total. The molecule has 0 bridgehead atoms. The van der Waals surface area contributed by atoms with Gasteiger partial charge in [-0.15, -0.1) is 4.99 Å². The molecule has 1 aromatic carbocycles. The van der Waals surface area contributed by atoms with Crippen molar-refractivity contribution in [3.8, 4) is 0 Å². The molecule has 0 atom stereocenters. The van der Waals surface area contributed by atoms with Gasteiger partial charge in [-0.25, -0.2) is 9.59 Å². The van der Waals surface area contributed by atoms with Crippen LogP contribution in [0.2, 0.25) is 0 Å². The van der Waals surface area contributed by atoms with Gasteiger partial charge in [0.25, 0.3) is 5.91 Å². The maximum atomic E-state index is 11.1. The number of carbonyl (C=O) groups excluding carboxylic acids is 3. The number of carbonyl (C=O) groups is 1. The summed E-state index contributed by atoms with van der Waals surface area (Å²) in [5.41, 5.74) is 0.200. The molecule has 0 heterocycles. The molecule has 0 saturated carbocycles. The summed E-state index contributed by atoms with van der Waals surface area (Å²) in [5, 5.41) is 0. The van der Waals surface area contributed by atoms with Gasteiger partial charge in [0.1, 0.15) is 0 Å². The summed E-state index contributed by atoms with van der Waals surface area (Å²) in [6, 6.07) is 6.01. The van der Waals surface area contributed by atoms with Gasteiger partial charge in [0.05, 0.1) is 11.3 Å². The molecule has 0 radical (unpaired) electrons. The highest BCUT2D eigenvalue weighted by Crippen LogP contribution is 2.18. The van der Waals surface area contributed by atoms with Crippen LogP contribution in [0.25, 0.3) is 0 Å². The van der Waals surface area contributed by atoms with Crippen molar-refractivity contribution < 1.29 is 14.4 Å². The monoisotopic (exact) mass is 188 g/mol. The first-order valence-electron chi connectivity index (χ1n) is 3.58. The van der Waals surface area contributed by atoms with Crippen molar-refractivity contribution in [1.29, 1.82) is 0 Å². The van der Waals surface area contributed by atoms with Crippen LogP contribution in [-0.4, -0.2) is 18.1 Å². The standard InChI is InChI=1S/C9H4N2O3/c12-5-10-8-4-2-1-3-7(8)9(14)11-6-13/h1-4H. The second kappa shape index (κ2) is 4.62. The Hall–Kier alpha value is -2.35. The lowest BCUT2D eigenvalue weighted by atomic mass is 10.2. The van der Waals surface area contributed by atoms with E-state index in [1.54, 1.807) is 12.1 Å². The van der Waals surface area contributed by atoms with Crippen molar-refractivity contribution in [2.75, 3.05) is 0 Å². The van der Waals surface area contributed by atoms with E-state index in [0.29, 0.717) is 0 Å². The van der Waals surface area contributed by atoms with Crippen molar-refractivity contribution in [3.05, 3.63) is 29.8 Å². The lowest BCUT2D eigenvalue weighted by molar-refractivity contribution is 0.100. The van der Waals surface area contributed by atoms with Crippen LogP contribution in [0, 0.1) is 0 Å². The molecule has 0 fully saturated rings. The Morgan fingerprint density at radius 1 is 1.14 bits per heavy atom. The number of para-hydroxylation sites is 1. The smallest absolute Gasteiger partial charge is 0.266 e. The third-order valence-corrected chi connectivity index (χ3v) is 1.45. The first kappa shape index (κ1) is 9.74. The van der Waals surface area contributed by atoms with Gasteiger partial charge in [-0.2, -0.15) is 4.99 Å². The molecule has 0 aromatic heterocycles. The lowest BCUT2D eigenvalue weighted by Gasteiger charge is -1.96. The van der Waals surface area contributed by atoms with E-state index >= 15 is 0 Å². The third-order valence-electron chi connectivity index (χ3n) is 1.45. The average molecular weight is 188 g/mol. The summed E-state index contributed by atoms with van der Waals surface area (Å²) in [5.74, 6) is -0.783. The van der Waals surface area contributed by atoms with Gasteiger partial charge in [-0.05, 0) is 12.1 Å². The number of nitrogens with zero attached hydrogens (tertiary/aromatic N) is 2. The van der Waals surface area contributed by atoms with E-state index in [2.05, 4.69) is 9.98 Å². The molecular weight excluding hydrogens is 184 g/mol. The zero-order valence-electron chi connectivity index (χ0n) is 6.93. The highest BCUT2D eigenvalue weighted by molar-refractivity contribution is 6.01. The maximum Gasteiger partial charge on any atom is 0.289 e. The van der Waals surface area contributed by atoms with E-state index in [-0.39, 0.29) is 11.3 Å². The predicted octanol–water partition coefficient (Wildman–Crippen LogP) is 1.13. The van der Waals surface area contributed by atoms with Crippen LogP contribution < -0.4 is 0 Å². The fourth-order valence-electron chi connectivity index (χ4n) is 0.903. The number of hydrogen-bond acceptors (Lipinski definition) is 4. The minimum absolute atomic E-state index is 0.0687. The minimum Gasteiger partial charge on any atom is -0.266 e. The molecule has 1 amide bonds. The minimum atomic E-state index is -0.783. The molecule has 0 aliphatic heterocycles. The zero-order chi connectivity index (χ0) is 10.4. The van der Waals surface area contributed by atoms with Crippen LogP contribution in [0.15, 0.2) is 34.3 Å². The maximum absolute atomic E-state index is 11.1. The molecule has 0 aliphatic rings. The number of aliphatic imine (C=N–C) groups is 2. The van der Waals surface area contributed by atoms with Gasteiger partial charge in [0.15, 0.2) is 0 Å². The van der Waals surface area contributed by atoms with E-state index in [4.69, 9.17) is 0 Å². The highest BCUT2D eigenvalue weighted by atomic mass is 16.2. The summed E-state index contributed by atoms with van der Waals surface area (Å²) < 4.78 is 0. The zero-order valence-corrected chi connectivity index (χ0v) is 6.93. The molecule has 0 spiro atoms. The Bertz CT molecular complexity index is 455. The Morgan fingerprint density at radius 3 is 2.50 bits per heavy atom. The van der Waals surface area contributed by atoms with Crippen LogP contribution in [-0.2, 0) is 9.59 Å². The largest absolute Gasteiger partial charge is 0.289 e. The molecule has 5 heteroatoms. The molecule has 1 aromatic rings. The van der Waals surface area contributed by atoms with Gasteiger partial charge in [-0.1, -0.05) is 12.1 Å². The van der Waals surface area contributed by atoms with Crippen LogP contribution in [0.1, 0.15) is 10.4 Å². The number of amides is 1. The SMILES string of the molecule is O=C=NC(=O)c1ccccc1N=C=O. The number of rotatable bonds is 2. The summed E-state index contributed by atoms with van der Waals surface area (Å²) in [6.45, 7) is 0. The molecule has 1 rings (SSSR count). The summed E-state index contributed by atoms with van der Waals surface area (Å²) in [7, 11) is 0.